The van der Waals surface area contributed by atoms with Gasteiger partial charge in [0.15, 0.2) is 11.2 Å². The fraction of sp³-hybridized carbons (Fsp3) is 0.227. The van der Waals surface area contributed by atoms with E-state index in [0.29, 0.717) is 29.2 Å². The molecule has 0 amide bonds. The van der Waals surface area contributed by atoms with Gasteiger partial charge in [-0.2, -0.15) is 4.98 Å². The summed E-state index contributed by atoms with van der Waals surface area (Å²) in [6, 6.07) is 13.8. The van der Waals surface area contributed by atoms with Crippen molar-refractivity contribution in [3.05, 3.63) is 91.9 Å². The zero-order valence-electron chi connectivity index (χ0n) is 17.0. The Morgan fingerprint density at radius 2 is 1.57 bits per heavy atom. The topological polar surface area (TPSA) is 73.8 Å². The molecule has 0 saturated heterocycles. The first-order valence-electron chi connectivity index (χ1n) is 9.55. The Bertz CT molecular complexity index is 1330. The van der Waals surface area contributed by atoms with Gasteiger partial charge in [0.25, 0.3) is 5.56 Å². The van der Waals surface area contributed by atoms with Crippen LogP contribution in [0.2, 0.25) is 0 Å². The molecule has 0 aliphatic rings. The molecule has 30 heavy (non-hydrogen) atoms. The molecule has 0 aliphatic carbocycles. The van der Waals surface area contributed by atoms with Crippen LogP contribution in [0, 0.1) is 12.7 Å². The van der Waals surface area contributed by atoms with E-state index in [-0.39, 0.29) is 12.4 Å². The minimum absolute atomic E-state index is 0.0546. The highest BCUT2D eigenvalue weighted by Gasteiger charge is 2.18. The summed E-state index contributed by atoms with van der Waals surface area (Å²) in [5.41, 5.74) is 2.65. The van der Waals surface area contributed by atoms with Crippen molar-refractivity contribution in [2.24, 2.45) is 14.1 Å². The van der Waals surface area contributed by atoms with E-state index in [2.05, 4.69) is 10.3 Å². The van der Waals surface area contributed by atoms with Crippen LogP contribution >= 0.6 is 0 Å². The van der Waals surface area contributed by atoms with Gasteiger partial charge < -0.3 is 9.88 Å². The first kappa shape index (κ1) is 19.6. The van der Waals surface area contributed by atoms with Gasteiger partial charge in [-0.3, -0.25) is 13.9 Å². The summed E-state index contributed by atoms with van der Waals surface area (Å²) >= 11 is 0. The van der Waals surface area contributed by atoms with Crippen LogP contribution < -0.4 is 16.6 Å². The number of halogens is 1. The molecule has 0 unspecified atom stereocenters. The molecule has 0 aliphatic heterocycles. The van der Waals surface area contributed by atoms with Crippen molar-refractivity contribution in [3.8, 4) is 0 Å². The van der Waals surface area contributed by atoms with E-state index in [1.807, 2.05) is 31.2 Å². The molecule has 4 rings (SSSR count). The average molecular weight is 407 g/mol. The van der Waals surface area contributed by atoms with Crippen LogP contribution in [0.5, 0.6) is 0 Å². The average Bonchev–Trinajstić information content (AvgIpc) is 3.07. The van der Waals surface area contributed by atoms with E-state index in [1.165, 1.54) is 22.3 Å². The van der Waals surface area contributed by atoms with Gasteiger partial charge in [-0.05, 0) is 30.2 Å². The minimum atomic E-state index is -0.472. The maximum absolute atomic E-state index is 13.2. The summed E-state index contributed by atoms with van der Waals surface area (Å²) in [6.07, 6.45) is 0. The fourth-order valence-corrected chi connectivity index (χ4v) is 3.40. The molecule has 2 aromatic heterocycles. The highest BCUT2D eigenvalue weighted by atomic mass is 19.1. The largest absolute Gasteiger partial charge is 0.352 e. The number of rotatable bonds is 5. The molecule has 7 nitrogen and oxygen atoms in total. The molecule has 0 atom stereocenters. The van der Waals surface area contributed by atoms with Crippen LogP contribution in [0.1, 0.15) is 16.7 Å². The number of nitrogens with one attached hydrogen (secondary N) is 1. The van der Waals surface area contributed by atoms with Crippen molar-refractivity contribution < 1.29 is 4.39 Å². The van der Waals surface area contributed by atoms with E-state index in [1.54, 1.807) is 30.8 Å². The van der Waals surface area contributed by atoms with Crippen molar-refractivity contribution >= 4 is 17.1 Å². The summed E-state index contributed by atoms with van der Waals surface area (Å²) < 4.78 is 17.3. The van der Waals surface area contributed by atoms with Crippen molar-refractivity contribution in [2.75, 3.05) is 5.32 Å². The van der Waals surface area contributed by atoms with Gasteiger partial charge in [-0.25, -0.2) is 9.18 Å². The van der Waals surface area contributed by atoms with E-state index < -0.39 is 11.2 Å². The van der Waals surface area contributed by atoms with Crippen LogP contribution in [0.4, 0.5) is 10.3 Å². The predicted molar refractivity (Wildman–Crippen MR) is 114 cm³/mol. The lowest BCUT2D eigenvalue weighted by molar-refractivity contribution is 0.623. The van der Waals surface area contributed by atoms with Crippen LogP contribution in [-0.4, -0.2) is 18.7 Å². The van der Waals surface area contributed by atoms with E-state index in [9.17, 15) is 14.0 Å². The Kier molecular flexibility index (Phi) is 4.99. The summed E-state index contributed by atoms with van der Waals surface area (Å²) in [5, 5.41) is 3.23. The number of hydrogen-bond acceptors (Lipinski definition) is 4. The van der Waals surface area contributed by atoms with Crippen LogP contribution in [0.3, 0.4) is 0 Å². The maximum Gasteiger partial charge on any atom is 0.332 e. The predicted octanol–water partition coefficient (Wildman–Crippen LogP) is 2.54. The molecule has 2 aromatic carbocycles. The molecule has 0 saturated carbocycles. The molecule has 1 N–H and O–H groups in total. The third-order valence-electron chi connectivity index (χ3n) is 5.19. The number of anilines is 1. The molecule has 154 valence electrons. The van der Waals surface area contributed by atoms with Crippen LogP contribution in [-0.2, 0) is 27.2 Å². The SMILES string of the molecule is Cc1ccc(CNc2nc3c(c(=O)n(Cc4ccc(F)cc4)c(=O)n3C)n2C)cc1. The Morgan fingerprint density at radius 1 is 0.933 bits per heavy atom. The minimum Gasteiger partial charge on any atom is -0.352 e. The number of fused-ring (bicyclic) bond motifs is 1. The molecule has 8 heteroatoms. The summed E-state index contributed by atoms with van der Waals surface area (Å²) in [6.45, 7) is 2.62. The molecule has 0 bridgehead atoms. The number of hydrogen-bond donors (Lipinski definition) is 1. The van der Waals surface area contributed by atoms with Crippen LogP contribution in [0.15, 0.2) is 58.1 Å². The van der Waals surface area contributed by atoms with E-state index in [0.717, 1.165) is 10.1 Å². The van der Waals surface area contributed by atoms with Gasteiger partial charge in [0.1, 0.15) is 5.82 Å². The van der Waals surface area contributed by atoms with Gasteiger partial charge in [0.2, 0.25) is 5.95 Å². The lowest BCUT2D eigenvalue weighted by atomic mass is 10.1. The third-order valence-corrected chi connectivity index (χ3v) is 5.19. The van der Waals surface area contributed by atoms with Crippen molar-refractivity contribution in [1.29, 1.82) is 0 Å². The monoisotopic (exact) mass is 407 g/mol. The molecule has 0 radical (unpaired) electrons. The second-order valence-corrected chi connectivity index (χ2v) is 7.37. The number of imidazole rings is 1. The highest BCUT2D eigenvalue weighted by Crippen LogP contribution is 2.15. The second kappa shape index (κ2) is 7.62. The van der Waals surface area contributed by atoms with Crippen molar-refractivity contribution in [1.82, 2.24) is 18.7 Å². The molecule has 0 fully saturated rings. The van der Waals surface area contributed by atoms with E-state index >= 15 is 0 Å². The zero-order chi connectivity index (χ0) is 21.4. The molecular weight excluding hydrogens is 385 g/mol. The summed E-state index contributed by atoms with van der Waals surface area (Å²) in [4.78, 5) is 30.4. The summed E-state index contributed by atoms with van der Waals surface area (Å²) in [5.74, 6) is 0.127. The van der Waals surface area contributed by atoms with Crippen molar-refractivity contribution in [2.45, 2.75) is 20.0 Å². The van der Waals surface area contributed by atoms with Gasteiger partial charge in [0.05, 0.1) is 6.54 Å². The lowest BCUT2D eigenvalue weighted by Crippen LogP contribution is -2.39. The lowest BCUT2D eigenvalue weighted by Gasteiger charge is -2.09. The maximum atomic E-state index is 13.2. The second-order valence-electron chi connectivity index (χ2n) is 7.37. The van der Waals surface area contributed by atoms with Crippen molar-refractivity contribution in [3.63, 3.8) is 0 Å². The Labute approximate surface area is 172 Å². The standard InChI is InChI=1S/C22H22FN5O2/c1-14-4-6-15(7-5-14)12-24-21-25-19-18(26(21)2)20(29)28(22(30)27(19)3)13-16-8-10-17(23)11-9-16/h4-11H,12-13H2,1-3H3,(H,24,25). The quantitative estimate of drug-likeness (QED) is 0.552. The number of aromatic nitrogens is 4. The fourth-order valence-electron chi connectivity index (χ4n) is 3.40. The van der Waals surface area contributed by atoms with Gasteiger partial charge in [-0.15, -0.1) is 0 Å². The Balaban J connectivity index is 1.73. The third kappa shape index (κ3) is 3.52. The Morgan fingerprint density at radius 3 is 2.23 bits per heavy atom. The Hall–Kier alpha value is -3.68. The van der Waals surface area contributed by atoms with E-state index in [4.69, 9.17) is 0 Å². The smallest absolute Gasteiger partial charge is 0.332 e. The molecule has 0 spiro atoms. The molecular formula is C22H22FN5O2. The number of nitrogens with zero attached hydrogens (tertiary/aromatic N) is 4. The van der Waals surface area contributed by atoms with Gasteiger partial charge in [-0.1, -0.05) is 42.0 Å². The van der Waals surface area contributed by atoms with Gasteiger partial charge >= 0.3 is 5.69 Å². The first-order chi connectivity index (χ1) is 14.3. The molecule has 4 aromatic rings. The molecule has 2 heterocycles. The van der Waals surface area contributed by atoms with Gasteiger partial charge in [0, 0.05) is 20.6 Å². The number of benzene rings is 2. The summed E-state index contributed by atoms with van der Waals surface area (Å²) in [7, 11) is 3.32. The highest BCUT2D eigenvalue weighted by molar-refractivity contribution is 5.74. The normalized spacial score (nSPS) is 11.2. The first-order valence-corrected chi connectivity index (χ1v) is 9.55. The zero-order valence-corrected chi connectivity index (χ0v) is 17.0. The van der Waals surface area contributed by atoms with Crippen LogP contribution in [0.25, 0.3) is 11.2 Å². The number of aryl methyl sites for hydroxylation is 3.